The second kappa shape index (κ2) is 10.2. The number of hydrogen-bond donors (Lipinski definition) is 2. The summed E-state index contributed by atoms with van der Waals surface area (Å²) in [5.41, 5.74) is 6.55. The van der Waals surface area contributed by atoms with Crippen molar-refractivity contribution in [3.05, 3.63) is 64.2 Å². The monoisotopic (exact) mass is 396 g/mol. The molecule has 1 atom stereocenters. The van der Waals surface area contributed by atoms with E-state index >= 15 is 0 Å². The molecular weight excluding hydrogens is 362 g/mol. The molecule has 0 radical (unpaired) electrons. The van der Waals surface area contributed by atoms with Crippen LogP contribution in [-0.4, -0.2) is 43.9 Å². The number of hydrogen-bond acceptors (Lipinski definition) is 2. The van der Waals surface area contributed by atoms with Gasteiger partial charge >= 0.3 is 0 Å². The van der Waals surface area contributed by atoms with Crippen LogP contribution in [0.2, 0.25) is 0 Å². The number of anilines is 1. The molecule has 156 valence electrons. The largest absolute Gasteiger partial charge is 0.337 e. The highest BCUT2D eigenvalue weighted by Crippen LogP contribution is 2.21. The molecule has 5 nitrogen and oxygen atoms in total. The molecule has 5 heteroatoms. The molecule has 2 amide bonds. The second-order valence-corrected chi connectivity index (χ2v) is 8.05. The highest BCUT2D eigenvalue weighted by atomic mass is 16.2. The van der Waals surface area contributed by atoms with Crippen LogP contribution < -0.4 is 10.2 Å². The van der Waals surface area contributed by atoms with Gasteiger partial charge in [0.1, 0.15) is 0 Å². The van der Waals surface area contributed by atoms with Crippen LogP contribution in [0.3, 0.4) is 0 Å². The van der Waals surface area contributed by atoms with Crippen molar-refractivity contribution < 1.29 is 14.5 Å². The van der Waals surface area contributed by atoms with Gasteiger partial charge in [-0.2, -0.15) is 0 Å². The van der Waals surface area contributed by atoms with E-state index in [0.29, 0.717) is 6.54 Å². The summed E-state index contributed by atoms with van der Waals surface area (Å²) < 4.78 is 0. The molecule has 2 rings (SSSR count). The number of nitrogens with zero attached hydrogens (tertiary/aromatic N) is 1. The fourth-order valence-electron chi connectivity index (χ4n) is 3.53. The molecule has 0 aromatic heterocycles. The van der Waals surface area contributed by atoms with E-state index in [4.69, 9.17) is 0 Å². The van der Waals surface area contributed by atoms with Crippen LogP contribution >= 0.6 is 0 Å². The number of quaternary nitrogens is 1. The minimum Gasteiger partial charge on any atom is -0.337 e. The van der Waals surface area contributed by atoms with E-state index in [1.165, 1.54) is 11.1 Å². The minimum absolute atomic E-state index is 0.0255. The zero-order valence-electron chi connectivity index (χ0n) is 18.6. The first-order chi connectivity index (χ1) is 13.7. The lowest BCUT2D eigenvalue weighted by Crippen LogP contribution is -3.11. The molecule has 2 N–H and O–H groups in total. The van der Waals surface area contributed by atoms with Crippen molar-refractivity contribution in [1.29, 1.82) is 0 Å². The second-order valence-electron chi connectivity index (χ2n) is 8.05. The maximum absolute atomic E-state index is 12.5. The number of benzene rings is 2. The minimum atomic E-state index is -0.0804. The summed E-state index contributed by atoms with van der Waals surface area (Å²) in [6.45, 7) is 9.27. The highest BCUT2D eigenvalue weighted by molar-refractivity contribution is 5.93. The molecule has 0 saturated carbocycles. The third-order valence-electron chi connectivity index (χ3n) is 5.13. The third-order valence-corrected chi connectivity index (χ3v) is 5.13. The Hall–Kier alpha value is -2.66. The van der Waals surface area contributed by atoms with Gasteiger partial charge in [-0.1, -0.05) is 48.9 Å². The molecule has 0 heterocycles. The van der Waals surface area contributed by atoms with Crippen LogP contribution in [-0.2, 0) is 22.6 Å². The molecule has 0 aliphatic carbocycles. The zero-order chi connectivity index (χ0) is 21.6. The van der Waals surface area contributed by atoms with Crippen LogP contribution in [0.15, 0.2) is 36.4 Å². The van der Waals surface area contributed by atoms with Gasteiger partial charge in [0.25, 0.3) is 11.8 Å². The van der Waals surface area contributed by atoms with E-state index in [1.54, 1.807) is 4.90 Å². The maximum atomic E-state index is 12.5. The SMILES string of the molecule is CCc1ccc(CN(C)C(=O)C[NH+](C)CC(=O)Nc2c(C)cc(C)cc2C)cc1. The zero-order valence-corrected chi connectivity index (χ0v) is 18.6. The van der Waals surface area contributed by atoms with Gasteiger partial charge in [0, 0.05) is 19.3 Å². The summed E-state index contributed by atoms with van der Waals surface area (Å²) in [5.74, 6) is -0.0549. The number of amides is 2. The van der Waals surface area contributed by atoms with Gasteiger partial charge in [0.15, 0.2) is 13.1 Å². The first-order valence-electron chi connectivity index (χ1n) is 10.2. The van der Waals surface area contributed by atoms with E-state index in [0.717, 1.165) is 33.7 Å². The van der Waals surface area contributed by atoms with Gasteiger partial charge < -0.3 is 15.1 Å². The molecule has 0 aliphatic heterocycles. The summed E-state index contributed by atoms with van der Waals surface area (Å²) in [6.07, 6.45) is 1.01. The highest BCUT2D eigenvalue weighted by Gasteiger charge is 2.18. The molecule has 1 unspecified atom stereocenters. The molecule has 0 saturated heterocycles. The van der Waals surface area contributed by atoms with Crippen LogP contribution in [0.4, 0.5) is 5.69 Å². The Bertz CT molecular complexity index is 836. The molecule has 0 bridgehead atoms. The normalized spacial score (nSPS) is 11.8. The molecule has 2 aromatic carbocycles. The van der Waals surface area contributed by atoms with E-state index in [9.17, 15) is 9.59 Å². The molecule has 29 heavy (non-hydrogen) atoms. The molecule has 0 fully saturated rings. The van der Waals surface area contributed by atoms with Gasteiger partial charge in [-0.05, 0) is 49.4 Å². The average molecular weight is 397 g/mol. The van der Waals surface area contributed by atoms with Crippen LogP contribution in [0, 0.1) is 20.8 Å². The smallest absolute Gasteiger partial charge is 0.279 e. The summed E-state index contributed by atoms with van der Waals surface area (Å²) in [5, 5.41) is 3.01. The number of nitrogens with one attached hydrogen (secondary N) is 2. The lowest BCUT2D eigenvalue weighted by Gasteiger charge is -2.20. The number of likely N-dealkylation sites (N-methyl/N-ethyl adjacent to an activating group) is 2. The summed E-state index contributed by atoms with van der Waals surface area (Å²) >= 11 is 0. The third kappa shape index (κ3) is 6.71. The van der Waals surface area contributed by atoms with E-state index in [2.05, 4.69) is 48.6 Å². The van der Waals surface area contributed by atoms with Crippen LogP contribution in [0.5, 0.6) is 0 Å². The predicted octanol–water partition coefficient (Wildman–Crippen LogP) is 2.29. The van der Waals surface area contributed by atoms with Crippen molar-refractivity contribution in [3.63, 3.8) is 0 Å². The lowest BCUT2D eigenvalue weighted by molar-refractivity contribution is -0.862. The number of rotatable bonds is 8. The molecule has 0 spiro atoms. The van der Waals surface area contributed by atoms with Crippen molar-refractivity contribution in [2.45, 2.75) is 40.7 Å². The Morgan fingerprint density at radius 3 is 2.07 bits per heavy atom. The van der Waals surface area contributed by atoms with Gasteiger partial charge in [0.05, 0.1) is 7.05 Å². The number of carbonyl (C=O) groups is 2. The Morgan fingerprint density at radius 1 is 0.966 bits per heavy atom. The van der Waals surface area contributed by atoms with Gasteiger partial charge in [-0.15, -0.1) is 0 Å². The van der Waals surface area contributed by atoms with Crippen molar-refractivity contribution in [1.82, 2.24) is 4.90 Å². The van der Waals surface area contributed by atoms with Gasteiger partial charge in [-0.3, -0.25) is 9.59 Å². The van der Waals surface area contributed by atoms with E-state index < -0.39 is 0 Å². The first kappa shape index (κ1) is 22.6. The molecule has 2 aromatic rings. The maximum Gasteiger partial charge on any atom is 0.279 e. The van der Waals surface area contributed by atoms with Crippen molar-refractivity contribution >= 4 is 17.5 Å². The molecular formula is C24H34N3O2+. The number of carbonyl (C=O) groups excluding carboxylic acids is 2. The summed E-state index contributed by atoms with van der Waals surface area (Å²) in [6, 6.07) is 12.5. The Balaban J connectivity index is 1.86. The Labute approximate surface area is 174 Å². The van der Waals surface area contributed by atoms with Crippen LogP contribution in [0.25, 0.3) is 0 Å². The molecule has 0 aliphatic rings. The fourth-order valence-corrected chi connectivity index (χ4v) is 3.53. The standard InChI is InChI=1S/C24H33N3O2/c1-7-20-8-10-21(11-9-20)14-27(6)23(29)16-26(5)15-22(28)25-24-18(3)12-17(2)13-19(24)4/h8-13H,7,14-16H2,1-6H3,(H,25,28)/p+1. The fraction of sp³-hybridized carbons (Fsp3) is 0.417. The van der Waals surface area contributed by atoms with Crippen LogP contribution in [0.1, 0.15) is 34.7 Å². The summed E-state index contributed by atoms with van der Waals surface area (Å²) in [7, 11) is 3.68. The lowest BCUT2D eigenvalue weighted by atomic mass is 10.1. The predicted molar refractivity (Wildman–Crippen MR) is 118 cm³/mol. The Kier molecular flexibility index (Phi) is 7.97. The van der Waals surface area contributed by atoms with Gasteiger partial charge in [0.2, 0.25) is 0 Å². The summed E-state index contributed by atoms with van der Waals surface area (Å²) in [4.78, 5) is 27.6. The van der Waals surface area contributed by atoms with Crippen molar-refractivity contribution in [3.8, 4) is 0 Å². The van der Waals surface area contributed by atoms with E-state index in [-0.39, 0.29) is 24.9 Å². The van der Waals surface area contributed by atoms with E-state index in [1.807, 2.05) is 34.9 Å². The van der Waals surface area contributed by atoms with Gasteiger partial charge in [-0.25, -0.2) is 0 Å². The van der Waals surface area contributed by atoms with Crippen molar-refractivity contribution in [2.24, 2.45) is 0 Å². The van der Waals surface area contributed by atoms with Crippen molar-refractivity contribution in [2.75, 3.05) is 32.5 Å². The average Bonchev–Trinajstić information content (AvgIpc) is 2.65. The Morgan fingerprint density at radius 2 is 1.52 bits per heavy atom. The number of aryl methyl sites for hydroxylation is 4. The quantitative estimate of drug-likeness (QED) is 0.719. The first-order valence-corrected chi connectivity index (χ1v) is 10.2. The topological polar surface area (TPSA) is 53.9 Å².